The van der Waals surface area contributed by atoms with Gasteiger partial charge in [0.15, 0.2) is 11.9 Å². The van der Waals surface area contributed by atoms with Crippen LogP contribution in [0.2, 0.25) is 0 Å². The molecule has 23 heavy (non-hydrogen) atoms. The van der Waals surface area contributed by atoms with Gasteiger partial charge < -0.3 is 9.72 Å². The number of aromatic nitrogens is 1. The molecule has 0 aliphatic rings. The van der Waals surface area contributed by atoms with Gasteiger partial charge in [0.2, 0.25) is 5.78 Å². The fraction of sp³-hybridized carbons (Fsp3) is 0.278. The predicted molar refractivity (Wildman–Crippen MR) is 85.9 cm³/mol. The third-order valence-electron chi connectivity index (χ3n) is 3.70. The highest BCUT2D eigenvalue weighted by molar-refractivity contribution is 6.05. The molecule has 0 fully saturated rings. The Morgan fingerprint density at radius 1 is 1.09 bits per heavy atom. The molecular weight excluding hydrogens is 294 g/mol. The molecule has 0 aliphatic heterocycles. The Hall–Kier alpha value is -2.69. The Bertz CT molecular complexity index is 759. The topological polar surface area (TPSA) is 76.2 Å². The largest absolute Gasteiger partial charge is 0.451 e. The number of ketones is 2. The molecule has 1 N–H and O–H groups in total. The molecule has 1 unspecified atom stereocenters. The minimum atomic E-state index is -0.945. The first-order valence-corrected chi connectivity index (χ1v) is 7.33. The van der Waals surface area contributed by atoms with Crippen LogP contribution in [0.1, 0.15) is 56.3 Å². The highest BCUT2D eigenvalue weighted by atomic mass is 16.5. The smallest absolute Gasteiger partial charge is 0.338 e. The molecular formula is C18H19NO4. The second kappa shape index (κ2) is 6.60. The first-order valence-electron chi connectivity index (χ1n) is 7.33. The summed E-state index contributed by atoms with van der Waals surface area (Å²) in [6.45, 7) is 6.42. The van der Waals surface area contributed by atoms with E-state index in [2.05, 4.69) is 4.98 Å². The van der Waals surface area contributed by atoms with Crippen molar-refractivity contribution in [2.24, 2.45) is 0 Å². The van der Waals surface area contributed by atoms with Crippen molar-refractivity contribution in [2.75, 3.05) is 0 Å². The average molecular weight is 313 g/mol. The Morgan fingerprint density at radius 2 is 1.70 bits per heavy atom. The lowest BCUT2D eigenvalue weighted by Gasteiger charge is -2.12. The predicted octanol–water partition coefficient (Wildman–Crippen LogP) is 3.26. The van der Waals surface area contributed by atoms with E-state index in [0.29, 0.717) is 28.1 Å². The summed E-state index contributed by atoms with van der Waals surface area (Å²) in [6.07, 6.45) is -0.945. The summed E-state index contributed by atoms with van der Waals surface area (Å²) in [5.41, 5.74) is 2.43. The molecule has 120 valence electrons. The molecule has 1 aromatic heterocycles. The van der Waals surface area contributed by atoms with Gasteiger partial charge in [-0.15, -0.1) is 0 Å². The Balaban J connectivity index is 2.19. The number of hydrogen-bond acceptors (Lipinski definition) is 4. The number of carbonyl (C=O) groups excluding carboxylic acids is 3. The maximum atomic E-state index is 12.5. The van der Waals surface area contributed by atoms with Crippen LogP contribution in [0.15, 0.2) is 30.3 Å². The van der Waals surface area contributed by atoms with Gasteiger partial charge in [-0.1, -0.05) is 18.2 Å². The van der Waals surface area contributed by atoms with Gasteiger partial charge in [0.05, 0.1) is 11.3 Å². The van der Waals surface area contributed by atoms with Gasteiger partial charge in [-0.2, -0.15) is 0 Å². The molecule has 0 saturated heterocycles. The second-order valence-electron chi connectivity index (χ2n) is 5.46. The first-order chi connectivity index (χ1) is 10.8. The molecule has 5 nitrogen and oxygen atoms in total. The van der Waals surface area contributed by atoms with Crippen LogP contribution in [0.25, 0.3) is 0 Å². The number of rotatable bonds is 5. The molecule has 0 bridgehead atoms. The maximum Gasteiger partial charge on any atom is 0.338 e. The summed E-state index contributed by atoms with van der Waals surface area (Å²) < 4.78 is 5.22. The summed E-state index contributed by atoms with van der Waals surface area (Å²) in [4.78, 5) is 39.1. The van der Waals surface area contributed by atoms with Gasteiger partial charge in [-0.3, -0.25) is 9.59 Å². The van der Waals surface area contributed by atoms with E-state index in [4.69, 9.17) is 4.74 Å². The molecule has 2 aromatic rings. The van der Waals surface area contributed by atoms with Crippen molar-refractivity contribution in [3.8, 4) is 0 Å². The first kappa shape index (κ1) is 16.7. The third-order valence-corrected chi connectivity index (χ3v) is 3.70. The van der Waals surface area contributed by atoms with E-state index < -0.39 is 12.1 Å². The van der Waals surface area contributed by atoms with Crippen molar-refractivity contribution in [3.05, 3.63) is 58.4 Å². The van der Waals surface area contributed by atoms with Crippen LogP contribution < -0.4 is 0 Å². The van der Waals surface area contributed by atoms with E-state index in [0.717, 1.165) is 0 Å². The molecule has 1 heterocycles. The van der Waals surface area contributed by atoms with E-state index in [1.54, 1.807) is 44.2 Å². The SMILES string of the molecule is CC(=O)c1c(C)[nH]c(C(=O)C(C)OC(=O)c2ccccc2)c1C. The van der Waals surface area contributed by atoms with Crippen molar-refractivity contribution in [2.45, 2.75) is 33.8 Å². The van der Waals surface area contributed by atoms with Gasteiger partial charge in [0, 0.05) is 11.3 Å². The van der Waals surface area contributed by atoms with Crippen LogP contribution in [-0.2, 0) is 4.74 Å². The van der Waals surface area contributed by atoms with E-state index in [1.807, 2.05) is 0 Å². The monoisotopic (exact) mass is 313 g/mol. The number of aryl methyl sites for hydroxylation is 1. The molecule has 2 rings (SSSR count). The Labute approximate surface area is 134 Å². The summed E-state index contributed by atoms with van der Waals surface area (Å²) in [7, 11) is 0. The number of nitrogens with one attached hydrogen (secondary N) is 1. The van der Waals surface area contributed by atoms with Crippen LogP contribution in [-0.4, -0.2) is 28.6 Å². The number of carbonyl (C=O) groups is 3. The summed E-state index contributed by atoms with van der Waals surface area (Å²) in [5, 5.41) is 0. The number of ether oxygens (including phenoxy) is 1. The van der Waals surface area contributed by atoms with Gasteiger partial charge >= 0.3 is 5.97 Å². The molecule has 1 aromatic carbocycles. The van der Waals surface area contributed by atoms with Crippen LogP contribution >= 0.6 is 0 Å². The van der Waals surface area contributed by atoms with E-state index >= 15 is 0 Å². The lowest BCUT2D eigenvalue weighted by Crippen LogP contribution is -2.25. The number of Topliss-reactive ketones (excluding diaryl/α,β-unsaturated/α-hetero) is 2. The van der Waals surface area contributed by atoms with E-state index in [9.17, 15) is 14.4 Å². The van der Waals surface area contributed by atoms with Crippen molar-refractivity contribution < 1.29 is 19.1 Å². The van der Waals surface area contributed by atoms with Crippen molar-refractivity contribution in [1.82, 2.24) is 4.98 Å². The molecule has 0 amide bonds. The van der Waals surface area contributed by atoms with Gasteiger partial charge in [-0.25, -0.2) is 4.79 Å². The Morgan fingerprint density at radius 3 is 2.22 bits per heavy atom. The fourth-order valence-electron chi connectivity index (χ4n) is 2.58. The maximum absolute atomic E-state index is 12.5. The lowest BCUT2D eigenvalue weighted by molar-refractivity contribution is 0.0317. The number of H-pyrrole nitrogens is 1. The van der Waals surface area contributed by atoms with Crippen molar-refractivity contribution >= 4 is 17.5 Å². The number of hydrogen-bond donors (Lipinski definition) is 1. The highest BCUT2D eigenvalue weighted by Gasteiger charge is 2.26. The highest BCUT2D eigenvalue weighted by Crippen LogP contribution is 2.20. The van der Waals surface area contributed by atoms with Gasteiger partial charge in [0.1, 0.15) is 0 Å². The summed E-state index contributed by atoms with van der Waals surface area (Å²) in [5.74, 6) is -1.02. The van der Waals surface area contributed by atoms with Gasteiger partial charge in [0.25, 0.3) is 0 Å². The van der Waals surface area contributed by atoms with Crippen LogP contribution in [0, 0.1) is 13.8 Å². The zero-order valence-electron chi connectivity index (χ0n) is 13.6. The number of esters is 1. The number of benzene rings is 1. The van der Waals surface area contributed by atoms with E-state index in [1.165, 1.54) is 13.8 Å². The molecule has 0 spiro atoms. The average Bonchev–Trinajstić information content (AvgIpc) is 2.82. The summed E-state index contributed by atoms with van der Waals surface area (Å²) in [6, 6.07) is 8.48. The zero-order chi connectivity index (χ0) is 17.1. The quantitative estimate of drug-likeness (QED) is 0.679. The van der Waals surface area contributed by atoms with Crippen molar-refractivity contribution in [3.63, 3.8) is 0 Å². The van der Waals surface area contributed by atoms with Gasteiger partial charge in [-0.05, 0) is 45.4 Å². The standard InChI is InChI=1S/C18H19NO4/c1-10-15(12(3)20)11(2)19-16(10)17(21)13(4)23-18(22)14-8-6-5-7-9-14/h5-9,13,19H,1-4H3. The minimum absolute atomic E-state index is 0.107. The number of aromatic amines is 1. The van der Waals surface area contributed by atoms with Crippen LogP contribution in [0.4, 0.5) is 0 Å². The van der Waals surface area contributed by atoms with E-state index in [-0.39, 0.29) is 11.6 Å². The molecule has 0 aliphatic carbocycles. The summed E-state index contributed by atoms with van der Waals surface area (Å²) >= 11 is 0. The molecule has 0 radical (unpaired) electrons. The normalized spacial score (nSPS) is 11.8. The van der Waals surface area contributed by atoms with Crippen LogP contribution in [0.3, 0.4) is 0 Å². The molecule has 0 saturated carbocycles. The Kier molecular flexibility index (Phi) is 4.79. The lowest BCUT2D eigenvalue weighted by atomic mass is 10.0. The van der Waals surface area contributed by atoms with Crippen molar-refractivity contribution in [1.29, 1.82) is 0 Å². The molecule has 1 atom stereocenters. The zero-order valence-corrected chi connectivity index (χ0v) is 13.6. The minimum Gasteiger partial charge on any atom is -0.451 e. The fourth-order valence-corrected chi connectivity index (χ4v) is 2.58. The third kappa shape index (κ3) is 3.39. The molecule has 5 heteroatoms. The second-order valence-corrected chi connectivity index (χ2v) is 5.46. The van der Waals surface area contributed by atoms with Crippen LogP contribution in [0.5, 0.6) is 0 Å².